The molecule has 9 rings (SSSR count). The van der Waals surface area contributed by atoms with E-state index in [9.17, 15) is 24.0 Å². The van der Waals surface area contributed by atoms with Crippen molar-refractivity contribution >= 4 is 29.8 Å². The highest BCUT2D eigenvalue weighted by Gasteiger charge is 2.59. The van der Waals surface area contributed by atoms with Crippen LogP contribution in [-0.4, -0.2) is 111 Å². The predicted octanol–water partition coefficient (Wildman–Crippen LogP) is 7.90. The SMILES string of the molecule is C=CCO[C@@H]1O[C@H](COC(=O)c2ccccc2)[C@@H](O[C@@H]2O[C@@H]3COC(c4ccccc4)O[C@H]3[C@H](OC(=O)c3ccccc3)[C@H]2OC(=O)c2ccccc2)[C@H](OC(=O)c2ccccc2)[C@H]1OC(=O)c1ccccc1. The number of rotatable bonds is 17. The summed E-state index contributed by atoms with van der Waals surface area (Å²) >= 11 is 0. The molecule has 0 amide bonds. The van der Waals surface area contributed by atoms with Crippen LogP contribution in [-0.2, 0) is 52.1 Å². The van der Waals surface area contributed by atoms with Crippen molar-refractivity contribution in [1.29, 1.82) is 0 Å². The van der Waals surface area contributed by atoms with E-state index in [1.54, 1.807) is 127 Å². The van der Waals surface area contributed by atoms with Crippen molar-refractivity contribution in [2.75, 3.05) is 19.8 Å². The van der Waals surface area contributed by atoms with Crippen LogP contribution in [0.25, 0.3) is 0 Å². The summed E-state index contributed by atoms with van der Waals surface area (Å²) < 4.78 is 70.2. The van der Waals surface area contributed by atoms with Gasteiger partial charge in [0.15, 0.2) is 43.3 Å². The van der Waals surface area contributed by atoms with Crippen molar-refractivity contribution in [3.05, 3.63) is 228 Å². The molecule has 374 valence electrons. The molecule has 16 nitrogen and oxygen atoms in total. The van der Waals surface area contributed by atoms with E-state index in [0.717, 1.165) is 0 Å². The van der Waals surface area contributed by atoms with Gasteiger partial charge in [0.2, 0.25) is 0 Å². The summed E-state index contributed by atoms with van der Waals surface area (Å²) in [5.41, 5.74) is 1.40. The van der Waals surface area contributed by atoms with Gasteiger partial charge in [-0.3, -0.25) is 0 Å². The monoisotopic (exact) mass is 990 g/mol. The first kappa shape index (κ1) is 50.1. The number of fused-ring (bicyclic) bond motifs is 1. The zero-order valence-electron chi connectivity index (χ0n) is 39.1. The molecule has 0 radical (unpaired) electrons. The Bertz CT molecular complexity index is 2780. The molecule has 0 aromatic heterocycles. The van der Waals surface area contributed by atoms with Gasteiger partial charge < -0.3 is 52.1 Å². The fourth-order valence-electron chi connectivity index (χ4n) is 8.46. The fraction of sp³-hybridized carbons (Fsp3) is 0.246. The van der Waals surface area contributed by atoms with Crippen molar-refractivity contribution in [2.24, 2.45) is 0 Å². The first-order valence-corrected chi connectivity index (χ1v) is 23.5. The van der Waals surface area contributed by atoms with Crippen LogP contribution in [0, 0.1) is 0 Å². The Morgan fingerprint density at radius 1 is 0.466 bits per heavy atom. The van der Waals surface area contributed by atoms with Gasteiger partial charge in [-0.05, 0) is 60.7 Å². The van der Waals surface area contributed by atoms with E-state index in [1.807, 2.05) is 18.2 Å². The van der Waals surface area contributed by atoms with Crippen LogP contribution in [0.1, 0.15) is 63.6 Å². The Kier molecular flexibility index (Phi) is 16.5. The molecule has 3 saturated heterocycles. The van der Waals surface area contributed by atoms with Gasteiger partial charge in [-0.15, -0.1) is 6.58 Å². The van der Waals surface area contributed by atoms with Gasteiger partial charge in [0, 0.05) is 5.56 Å². The number of hydrogen-bond acceptors (Lipinski definition) is 16. The van der Waals surface area contributed by atoms with Crippen LogP contribution in [0.2, 0.25) is 0 Å². The highest BCUT2D eigenvalue weighted by Crippen LogP contribution is 2.40. The normalized spacial score (nSPS) is 25.4. The van der Waals surface area contributed by atoms with E-state index in [0.29, 0.717) is 5.56 Å². The van der Waals surface area contributed by atoms with Gasteiger partial charge >= 0.3 is 29.8 Å². The van der Waals surface area contributed by atoms with Crippen molar-refractivity contribution in [1.82, 2.24) is 0 Å². The van der Waals surface area contributed by atoms with E-state index in [1.165, 1.54) is 42.5 Å². The lowest BCUT2D eigenvalue weighted by Gasteiger charge is -2.50. The van der Waals surface area contributed by atoms with E-state index in [4.69, 9.17) is 52.1 Å². The molecule has 1 unspecified atom stereocenters. The van der Waals surface area contributed by atoms with Gasteiger partial charge in [-0.1, -0.05) is 127 Å². The first-order chi connectivity index (χ1) is 35.7. The molecule has 0 aliphatic carbocycles. The van der Waals surface area contributed by atoms with Crippen LogP contribution in [0.15, 0.2) is 195 Å². The quantitative estimate of drug-likeness (QED) is 0.0487. The van der Waals surface area contributed by atoms with Crippen molar-refractivity contribution in [3.63, 3.8) is 0 Å². The summed E-state index contributed by atoms with van der Waals surface area (Å²) in [6.07, 6.45) is -14.6. The summed E-state index contributed by atoms with van der Waals surface area (Å²) in [5, 5.41) is 0. The summed E-state index contributed by atoms with van der Waals surface area (Å²) in [4.78, 5) is 70.6. The Balaban J connectivity index is 1.16. The lowest BCUT2D eigenvalue weighted by atomic mass is 9.95. The second-order valence-corrected chi connectivity index (χ2v) is 16.9. The topological polar surface area (TPSA) is 187 Å². The Morgan fingerprint density at radius 3 is 1.34 bits per heavy atom. The molecule has 0 bridgehead atoms. The second-order valence-electron chi connectivity index (χ2n) is 16.9. The number of hydrogen-bond donors (Lipinski definition) is 0. The molecule has 0 N–H and O–H groups in total. The highest BCUT2D eigenvalue weighted by molar-refractivity contribution is 5.92. The number of esters is 5. The second kappa shape index (κ2) is 24.1. The standard InChI is InChI=1S/C57H50O16/c1-2-33-63-56-48(70-53(61)39-27-15-6-16-28-39)46(68-51(59)37-23-11-4-12-24-37)45(42(66-56)34-64-50(58)36-21-9-3-10-22-36)73-57-49(71-54(62)40-29-17-7-18-30-40)47(69-52(60)38-25-13-5-14-26-38)44-43(67-57)35-65-55(72-44)41-31-19-8-20-32-41/h2-32,42-49,55-57H,1,33-35H2/t42-,43-,44-,45-,46+,47+,48-,49-,55?,56-,57+/m1/s1. The number of carbonyl (C=O) groups is 5. The Labute approximate surface area is 420 Å². The van der Waals surface area contributed by atoms with Crippen LogP contribution in [0.5, 0.6) is 0 Å². The molecule has 0 saturated carbocycles. The van der Waals surface area contributed by atoms with Crippen LogP contribution >= 0.6 is 0 Å². The molecule has 3 fully saturated rings. The lowest BCUT2D eigenvalue weighted by Crippen LogP contribution is -2.68. The highest BCUT2D eigenvalue weighted by atomic mass is 16.8. The van der Waals surface area contributed by atoms with Crippen molar-refractivity contribution in [2.45, 2.75) is 67.7 Å². The zero-order chi connectivity index (χ0) is 50.5. The van der Waals surface area contributed by atoms with E-state index in [2.05, 4.69) is 6.58 Å². The lowest BCUT2D eigenvalue weighted by molar-refractivity contribution is -0.383. The smallest absolute Gasteiger partial charge is 0.338 e. The molecule has 3 aliphatic rings. The van der Waals surface area contributed by atoms with Gasteiger partial charge in [-0.25, -0.2) is 24.0 Å². The Hall–Kier alpha value is -7.83. The number of carbonyl (C=O) groups excluding carboxylic acids is 5. The maximum Gasteiger partial charge on any atom is 0.338 e. The van der Waals surface area contributed by atoms with Crippen LogP contribution in [0.4, 0.5) is 0 Å². The fourth-order valence-corrected chi connectivity index (χ4v) is 8.46. The minimum Gasteiger partial charge on any atom is -0.459 e. The number of benzene rings is 6. The third kappa shape index (κ3) is 12.3. The third-order valence-electron chi connectivity index (χ3n) is 12.0. The molecule has 3 heterocycles. The Morgan fingerprint density at radius 2 is 0.877 bits per heavy atom. The molecule has 0 spiro atoms. The minimum atomic E-state index is -1.75. The summed E-state index contributed by atoms with van der Waals surface area (Å²) in [6.45, 7) is 2.90. The van der Waals surface area contributed by atoms with E-state index < -0.39 is 104 Å². The number of ether oxygens (including phenoxy) is 11. The van der Waals surface area contributed by atoms with Crippen LogP contribution in [0.3, 0.4) is 0 Å². The predicted molar refractivity (Wildman–Crippen MR) is 258 cm³/mol. The van der Waals surface area contributed by atoms with Crippen molar-refractivity contribution in [3.8, 4) is 0 Å². The molecular weight excluding hydrogens is 941 g/mol. The third-order valence-corrected chi connectivity index (χ3v) is 12.0. The molecule has 16 heteroatoms. The first-order valence-electron chi connectivity index (χ1n) is 23.5. The van der Waals surface area contributed by atoms with E-state index >= 15 is 0 Å². The maximum absolute atomic E-state index is 14.3. The largest absolute Gasteiger partial charge is 0.459 e. The molecule has 11 atom stereocenters. The maximum atomic E-state index is 14.3. The van der Waals surface area contributed by atoms with Gasteiger partial charge in [0.1, 0.15) is 31.0 Å². The molecule has 6 aromatic rings. The minimum absolute atomic E-state index is 0.111. The summed E-state index contributed by atoms with van der Waals surface area (Å²) in [6, 6.07) is 49.6. The van der Waals surface area contributed by atoms with Gasteiger partial charge in [0.05, 0.1) is 41.0 Å². The average Bonchev–Trinajstić information content (AvgIpc) is 3.45. The summed E-state index contributed by atoms with van der Waals surface area (Å²) in [7, 11) is 0. The van der Waals surface area contributed by atoms with Gasteiger partial charge in [-0.2, -0.15) is 0 Å². The zero-order valence-corrected chi connectivity index (χ0v) is 39.1. The average molecular weight is 991 g/mol. The van der Waals surface area contributed by atoms with Gasteiger partial charge in [0.25, 0.3) is 0 Å². The summed E-state index contributed by atoms with van der Waals surface area (Å²) in [5.74, 6) is -4.13. The van der Waals surface area contributed by atoms with Crippen molar-refractivity contribution < 1.29 is 76.1 Å². The molecular formula is C57H50O16. The molecule has 6 aromatic carbocycles. The molecule has 3 aliphatic heterocycles. The van der Waals surface area contributed by atoms with E-state index in [-0.39, 0.29) is 41.0 Å². The molecule has 73 heavy (non-hydrogen) atoms. The van der Waals surface area contributed by atoms with Crippen LogP contribution < -0.4 is 0 Å².